The first-order valence-electron chi connectivity index (χ1n) is 9.50. The lowest BCUT2D eigenvalue weighted by Crippen LogP contribution is -2.33. The van der Waals surface area contributed by atoms with E-state index in [4.69, 9.17) is 14.2 Å². The molecule has 7 nitrogen and oxygen atoms in total. The molecule has 3 unspecified atom stereocenters. The van der Waals surface area contributed by atoms with Crippen molar-refractivity contribution in [2.45, 2.75) is 72.3 Å². The molecular formula is C19H34O7. The number of carbonyl (C=O) groups is 3. The number of hydrogen-bond donors (Lipinski definition) is 1. The minimum absolute atomic E-state index is 0.0233. The zero-order valence-corrected chi connectivity index (χ0v) is 16.5. The van der Waals surface area contributed by atoms with Crippen molar-refractivity contribution in [1.82, 2.24) is 0 Å². The summed E-state index contributed by atoms with van der Waals surface area (Å²) in [6, 6.07) is 0. The van der Waals surface area contributed by atoms with Crippen LogP contribution in [0.4, 0.5) is 0 Å². The predicted octanol–water partition coefficient (Wildman–Crippen LogP) is 2.63. The number of aliphatic hydroxyl groups is 1. The van der Waals surface area contributed by atoms with Crippen molar-refractivity contribution in [3.05, 3.63) is 0 Å². The van der Waals surface area contributed by atoms with Gasteiger partial charge in [-0.05, 0) is 19.8 Å². The van der Waals surface area contributed by atoms with Gasteiger partial charge in [0.05, 0.1) is 44.2 Å². The monoisotopic (exact) mass is 374 g/mol. The van der Waals surface area contributed by atoms with Gasteiger partial charge in [-0.1, -0.05) is 33.6 Å². The normalized spacial score (nSPS) is 14.2. The molecule has 0 aliphatic heterocycles. The minimum Gasteiger partial charge on any atom is -0.466 e. The molecule has 0 amide bonds. The van der Waals surface area contributed by atoms with Crippen LogP contribution in [0.5, 0.6) is 0 Å². The van der Waals surface area contributed by atoms with Gasteiger partial charge in [-0.25, -0.2) is 0 Å². The Morgan fingerprint density at radius 3 is 1.92 bits per heavy atom. The molecule has 1 N–H and O–H groups in total. The first kappa shape index (κ1) is 24.4. The lowest BCUT2D eigenvalue weighted by atomic mass is 9.91. The van der Waals surface area contributed by atoms with Crippen molar-refractivity contribution < 1.29 is 33.7 Å². The molecule has 7 heteroatoms. The number of hydrogen-bond acceptors (Lipinski definition) is 7. The van der Waals surface area contributed by atoms with Crippen molar-refractivity contribution in [3.8, 4) is 0 Å². The van der Waals surface area contributed by atoms with E-state index in [1.807, 2.05) is 13.8 Å². The van der Waals surface area contributed by atoms with Crippen LogP contribution >= 0.6 is 0 Å². The molecule has 0 saturated carbocycles. The van der Waals surface area contributed by atoms with Gasteiger partial charge in [0.15, 0.2) is 0 Å². The van der Waals surface area contributed by atoms with Gasteiger partial charge in [0, 0.05) is 6.42 Å². The molecular weight excluding hydrogens is 340 g/mol. The minimum atomic E-state index is -0.966. The molecule has 0 aromatic carbocycles. The molecule has 0 saturated heterocycles. The van der Waals surface area contributed by atoms with E-state index in [1.54, 1.807) is 13.8 Å². The van der Waals surface area contributed by atoms with E-state index in [1.165, 1.54) is 0 Å². The summed E-state index contributed by atoms with van der Waals surface area (Å²) in [6.07, 6.45) is 2.70. The van der Waals surface area contributed by atoms with Crippen molar-refractivity contribution in [1.29, 1.82) is 0 Å². The third-order valence-electron chi connectivity index (χ3n) is 3.95. The molecule has 0 heterocycles. The summed E-state index contributed by atoms with van der Waals surface area (Å²) in [4.78, 5) is 36.5. The fourth-order valence-electron chi connectivity index (χ4n) is 2.08. The van der Waals surface area contributed by atoms with Gasteiger partial charge in [0.2, 0.25) is 0 Å². The Morgan fingerprint density at radius 2 is 1.38 bits per heavy atom. The van der Waals surface area contributed by atoms with E-state index < -0.39 is 35.8 Å². The molecule has 0 rings (SSSR count). The average Bonchev–Trinajstić information content (AvgIpc) is 2.59. The highest BCUT2D eigenvalue weighted by molar-refractivity contribution is 5.85. The highest BCUT2D eigenvalue weighted by Crippen LogP contribution is 2.21. The third-order valence-corrected chi connectivity index (χ3v) is 3.95. The maximum Gasteiger partial charge on any atom is 0.310 e. The van der Waals surface area contributed by atoms with Crippen LogP contribution in [0.15, 0.2) is 0 Å². The van der Waals surface area contributed by atoms with Gasteiger partial charge in [-0.15, -0.1) is 0 Å². The van der Waals surface area contributed by atoms with Gasteiger partial charge in [0.25, 0.3) is 0 Å². The van der Waals surface area contributed by atoms with Gasteiger partial charge >= 0.3 is 17.9 Å². The molecule has 152 valence electrons. The molecule has 0 fully saturated rings. The lowest BCUT2D eigenvalue weighted by molar-refractivity contribution is -0.164. The van der Waals surface area contributed by atoms with Crippen LogP contribution < -0.4 is 0 Å². The van der Waals surface area contributed by atoms with E-state index in [9.17, 15) is 19.5 Å². The Balaban J connectivity index is 4.81. The lowest BCUT2D eigenvalue weighted by Gasteiger charge is -2.21. The number of esters is 3. The van der Waals surface area contributed by atoms with Gasteiger partial charge < -0.3 is 19.3 Å². The zero-order valence-electron chi connectivity index (χ0n) is 16.5. The van der Waals surface area contributed by atoms with Crippen molar-refractivity contribution in [3.63, 3.8) is 0 Å². The average molecular weight is 374 g/mol. The van der Waals surface area contributed by atoms with E-state index in [2.05, 4.69) is 0 Å². The summed E-state index contributed by atoms with van der Waals surface area (Å²) in [6.45, 7) is 7.68. The maximum atomic E-state index is 12.3. The predicted molar refractivity (Wildman–Crippen MR) is 96.3 cm³/mol. The summed E-state index contributed by atoms with van der Waals surface area (Å²) in [7, 11) is 0. The summed E-state index contributed by atoms with van der Waals surface area (Å²) in [5.74, 6) is -3.50. The fourth-order valence-corrected chi connectivity index (χ4v) is 2.08. The standard InChI is InChI=1S/C19H34O7/c1-5-7-10-24-17(21)13-16(19(23)26-12-9-14(3)20)15(4)18(22)25-11-8-6-2/h14-16,20H,5-13H2,1-4H3. The molecule has 0 aromatic heterocycles. The number of rotatable bonds is 14. The number of aliphatic hydroxyl groups excluding tert-OH is 1. The van der Waals surface area contributed by atoms with Crippen LogP contribution in [-0.2, 0) is 28.6 Å². The van der Waals surface area contributed by atoms with Crippen molar-refractivity contribution in [2.24, 2.45) is 11.8 Å². The molecule has 0 aromatic rings. The summed E-state index contributed by atoms with van der Waals surface area (Å²) < 4.78 is 15.4. The smallest absolute Gasteiger partial charge is 0.310 e. The van der Waals surface area contributed by atoms with E-state index in [0.29, 0.717) is 0 Å². The first-order valence-corrected chi connectivity index (χ1v) is 9.50. The Morgan fingerprint density at radius 1 is 0.846 bits per heavy atom. The van der Waals surface area contributed by atoms with Crippen LogP contribution in [-0.4, -0.2) is 48.9 Å². The fraction of sp³-hybridized carbons (Fsp3) is 0.842. The van der Waals surface area contributed by atoms with Gasteiger partial charge in [-0.2, -0.15) is 0 Å². The SMILES string of the molecule is CCCCOC(=O)CC(C(=O)OCCC(C)O)C(C)C(=O)OCCCC. The highest BCUT2D eigenvalue weighted by atomic mass is 16.5. The topological polar surface area (TPSA) is 99.1 Å². The highest BCUT2D eigenvalue weighted by Gasteiger charge is 2.35. The van der Waals surface area contributed by atoms with E-state index in [0.717, 1.165) is 25.7 Å². The largest absolute Gasteiger partial charge is 0.466 e. The molecule has 3 atom stereocenters. The molecule has 0 aliphatic carbocycles. The number of ether oxygens (including phenoxy) is 3. The molecule has 0 spiro atoms. The van der Waals surface area contributed by atoms with Crippen molar-refractivity contribution in [2.75, 3.05) is 19.8 Å². The molecule has 26 heavy (non-hydrogen) atoms. The second kappa shape index (κ2) is 14.5. The van der Waals surface area contributed by atoms with Crippen LogP contribution in [0.1, 0.15) is 66.2 Å². The van der Waals surface area contributed by atoms with Crippen LogP contribution in [0.3, 0.4) is 0 Å². The molecule has 0 radical (unpaired) electrons. The molecule has 0 aliphatic rings. The van der Waals surface area contributed by atoms with E-state index >= 15 is 0 Å². The quantitative estimate of drug-likeness (QED) is 0.283. The van der Waals surface area contributed by atoms with Crippen LogP contribution in [0.2, 0.25) is 0 Å². The second-order valence-electron chi connectivity index (χ2n) is 6.50. The summed E-state index contributed by atoms with van der Waals surface area (Å²) in [5, 5.41) is 9.25. The first-order chi connectivity index (χ1) is 12.3. The number of unbranched alkanes of at least 4 members (excludes halogenated alkanes) is 2. The van der Waals surface area contributed by atoms with E-state index in [-0.39, 0.29) is 32.7 Å². The third kappa shape index (κ3) is 11.1. The Hall–Kier alpha value is -1.63. The van der Waals surface area contributed by atoms with Crippen LogP contribution in [0, 0.1) is 11.8 Å². The Bertz CT molecular complexity index is 420. The summed E-state index contributed by atoms with van der Waals surface area (Å²) >= 11 is 0. The summed E-state index contributed by atoms with van der Waals surface area (Å²) in [5.41, 5.74) is 0. The Labute approximate surface area is 156 Å². The second-order valence-corrected chi connectivity index (χ2v) is 6.50. The van der Waals surface area contributed by atoms with Gasteiger partial charge in [0.1, 0.15) is 0 Å². The van der Waals surface area contributed by atoms with Crippen molar-refractivity contribution >= 4 is 17.9 Å². The van der Waals surface area contributed by atoms with Crippen LogP contribution in [0.25, 0.3) is 0 Å². The zero-order chi connectivity index (χ0) is 19.9. The maximum absolute atomic E-state index is 12.3. The number of carbonyl (C=O) groups excluding carboxylic acids is 3. The molecule has 0 bridgehead atoms. The Kier molecular flexibility index (Phi) is 13.6. The van der Waals surface area contributed by atoms with Gasteiger partial charge in [-0.3, -0.25) is 14.4 Å².